The minimum Gasteiger partial charge on any atom is -0.489 e. The first-order valence-electron chi connectivity index (χ1n) is 13.6. The van der Waals surface area contributed by atoms with E-state index in [1.54, 1.807) is 0 Å². The van der Waals surface area contributed by atoms with Gasteiger partial charge in [0, 0.05) is 31.8 Å². The van der Waals surface area contributed by atoms with Crippen LogP contribution in [0.1, 0.15) is 64.0 Å². The molecule has 2 aliphatic carbocycles. The number of hydrogen-bond donors (Lipinski definition) is 2. The van der Waals surface area contributed by atoms with Crippen molar-refractivity contribution in [1.82, 2.24) is 20.6 Å². The summed E-state index contributed by atoms with van der Waals surface area (Å²) in [6.45, 7) is 5.11. The number of anilines is 1. The number of halogens is 1. The van der Waals surface area contributed by atoms with E-state index in [0.717, 1.165) is 43.4 Å². The average Bonchev–Trinajstić information content (AvgIpc) is 3.41. The molecular formula is C28H36FN5O4. The van der Waals surface area contributed by atoms with Crippen LogP contribution in [0.3, 0.4) is 0 Å². The van der Waals surface area contributed by atoms with E-state index in [-0.39, 0.29) is 47.6 Å². The fraction of sp³-hybridized carbons (Fsp3) is 0.571. The van der Waals surface area contributed by atoms with Gasteiger partial charge in [0.25, 0.3) is 5.88 Å². The number of nitrogens with zero attached hydrogens (tertiary/aromatic N) is 3. The maximum absolute atomic E-state index is 14.9. The third-order valence-electron chi connectivity index (χ3n) is 7.59. The molecule has 2 heterocycles. The van der Waals surface area contributed by atoms with Crippen molar-refractivity contribution in [2.45, 2.75) is 70.6 Å². The Balaban J connectivity index is 1.10. The number of hydrogen-bond acceptors (Lipinski definition) is 7. The lowest BCUT2D eigenvalue weighted by Crippen LogP contribution is -2.34. The van der Waals surface area contributed by atoms with Gasteiger partial charge in [0.2, 0.25) is 17.6 Å². The molecule has 1 aromatic carbocycles. The van der Waals surface area contributed by atoms with Crippen LogP contribution in [0.2, 0.25) is 0 Å². The van der Waals surface area contributed by atoms with Crippen molar-refractivity contribution in [3.05, 3.63) is 42.0 Å². The van der Waals surface area contributed by atoms with E-state index in [4.69, 9.17) is 9.47 Å². The quantitative estimate of drug-likeness (QED) is 0.489. The molecule has 1 aliphatic heterocycles. The highest BCUT2D eigenvalue weighted by Gasteiger charge is 2.32. The Hall–Kier alpha value is -3.43. The molecule has 5 rings (SSSR count). The first kappa shape index (κ1) is 26.2. The van der Waals surface area contributed by atoms with Crippen molar-refractivity contribution in [1.29, 1.82) is 0 Å². The number of carbonyl (C=O) groups excluding carboxylic acids is 2. The van der Waals surface area contributed by atoms with E-state index in [2.05, 4.69) is 20.6 Å². The summed E-state index contributed by atoms with van der Waals surface area (Å²) in [6, 6.07) is 7.64. The minimum absolute atomic E-state index is 0.0172. The molecule has 10 heteroatoms. The van der Waals surface area contributed by atoms with Crippen LogP contribution in [0.4, 0.5) is 10.2 Å². The molecule has 2 aromatic rings. The maximum Gasteiger partial charge on any atom is 0.255 e. The van der Waals surface area contributed by atoms with Crippen LogP contribution in [-0.4, -0.2) is 53.6 Å². The van der Waals surface area contributed by atoms with E-state index in [9.17, 15) is 14.0 Å². The predicted molar refractivity (Wildman–Crippen MR) is 139 cm³/mol. The standard InChI is InChI=1S/C28H36FN5O4/c1-17(32-27(36)21-5-8-22(13-21)33-18(2)35)20-6-9-23(10-7-20)38-24-11-12-34(14-24)26-25(29)28(31-16-30-26)37-15-19-3-4-19/h6-7,9-10,16-17,19,21-22,24H,3-5,8,11-15H2,1-2H3,(H,32,36)(H,33,35)/t17-,21-,22+,24?/m0/s1. The zero-order valence-corrected chi connectivity index (χ0v) is 22.0. The van der Waals surface area contributed by atoms with Gasteiger partial charge in [-0.3, -0.25) is 9.59 Å². The van der Waals surface area contributed by atoms with E-state index in [1.165, 1.54) is 13.3 Å². The lowest BCUT2D eigenvalue weighted by Gasteiger charge is -2.20. The largest absolute Gasteiger partial charge is 0.489 e. The number of aromatic nitrogens is 2. The minimum atomic E-state index is -0.516. The Bertz CT molecular complexity index is 1140. The Kier molecular flexibility index (Phi) is 7.95. The van der Waals surface area contributed by atoms with Gasteiger partial charge in [-0.1, -0.05) is 12.1 Å². The van der Waals surface area contributed by atoms with Gasteiger partial charge in [0.05, 0.1) is 19.2 Å². The van der Waals surface area contributed by atoms with Gasteiger partial charge in [0.1, 0.15) is 18.2 Å². The second kappa shape index (κ2) is 11.5. The molecule has 0 radical (unpaired) electrons. The normalized spacial score (nSPS) is 23.7. The highest BCUT2D eigenvalue weighted by Crippen LogP contribution is 2.32. The summed E-state index contributed by atoms with van der Waals surface area (Å²) in [6.07, 6.45) is 6.54. The summed E-state index contributed by atoms with van der Waals surface area (Å²) in [7, 11) is 0. The number of rotatable bonds is 10. The van der Waals surface area contributed by atoms with Crippen LogP contribution in [0.15, 0.2) is 30.6 Å². The number of nitrogens with one attached hydrogen (secondary N) is 2. The molecule has 1 unspecified atom stereocenters. The monoisotopic (exact) mass is 525 g/mol. The van der Waals surface area contributed by atoms with Crippen molar-refractivity contribution in [2.75, 3.05) is 24.6 Å². The Labute approximate surface area is 222 Å². The third kappa shape index (κ3) is 6.52. The van der Waals surface area contributed by atoms with Crippen molar-refractivity contribution >= 4 is 17.6 Å². The van der Waals surface area contributed by atoms with Crippen molar-refractivity contribution in [2.24, 2.45) is 11.8 Å². The third-order valence-corrected chi connectivity index (χ3v) is 7.59. The van der Waals surface area contributed by atoms with Crippen LogP contribution in [0, 0.1) is 17.7 Å². The lowest BCUT2D eigenvalue weighted by molar-refractivity contribution is -0.126. The molecule has 1 aromatic heterocycles. The van der Waals surface area contributed by atoms with Gasteiger partial charge in [-0.05, 0) is 62.6 Å². The molecule has 3 aliphatic rings. The van der Waals surface area contributed by atoms with Gasteiger partial charge < -0.3 is 25.0 Å². The first-order chi connectivity index (χ1) is 18.4. The molecule has 1 saturated heterocycles. The van der Waals surface area contributed by atoms with Gasteiger partial charge in [-0.25, -0.2) is 4.98 Å². The van der Waals surface area contributed by atoms with Crippen LogP contribution in [-0.2, 0) is 9.59 Å². The molecular weight excluding hydrogens is 489 g/mol. The molecule has 2 saturated carbocycles. The Morgan fingerprint density at radius 2 is 1.92 bits per heavy atom. The summed E-state index contributed by atoms with van der Waals surface area (Å²) in [5, 5.41) is 6.01. The summed E-state index contributed by atoms with van der Waals surface area (Å²) < 4.78 is 26.7. The predicted octanol–water partition coefficient (Wildman–Crippen LogP) is 3.54. The van der Waals surface area contributed by atoms with Crippen molar-refractivity contribution in [3.8, 4) is 11.6 Å². The number of ether oxygens (including phenoxy) is 2. The molecule has 204 valence electrons. The fourth-order valence-corrected chi connectivity index (χ4v) is 5.24. The zero-order valence-electron chi connectivity index (χ0n) is 22.0. The van der Waals surface area contributed by atoms with E-state index in [1.807, 2.05) is 36.1 Å². The molecule has 0 spiro atoms. The summed E-state index contributed by atoms with van der Waals surface area (Å²) >= 11 is 0. The molecule has 38 heavy (non-hydrogen) atoms. The maximum atomic E-state index is 14.9. The molecule has 9 nitrogen and oxygen atoms in total. The fourth-order valence-electron chi connectivity index (χ4n) is 5.24. The first-order valence-corrected chi connectivity index (χ1v) is 13.6. The van der Waals surface area contributed by atoms with Crippen LogP contribution in [0.5, 0.6) is 11.6 Å². The van der Waals surface area contributed by atoms with Gasteiger partial charge >= 0.3 is 0 Å². The topological polar surface area (TPSA) is 106 Å². The zero-order chi connectivity index (χ0) is 26.6. The lowest BCUT2D eigenvalue weighted by atomic mass is 10.0. The molecule has 0 bridgehead atoms. The highest BCUT2D eigenvalue weighted by molar-refractivity contribution is 5.80. The van der Waals surface area contributed by atoms with E-state index in [0.29, 0.717) is 32.0 Å². The Morgan fingerprint density at radius 1 is 1.13 bits per heavy atom. The average molecular weight is 526 g/mol. The van der Waals surface area contributed by atoms with Crippen LogP contribution >= 0.6 is 0 Å². The van der Waals surface area contributed by atoms with Gasteiger partial charge in [0.15, 0.2) is 5.82 Å². The number of carbonyl (C=O) groups is 2. The SMILES string of the molecule is CC(=O)N[C@@H]1CC[C@H](C(=O)N[C@@H](C)c2ccc(OC3CCN(c4ncnc(OCC5CC5)c4F)C3)cc2)C1. The van der Waals surface area contributed by atoms with Crippen LogP contribution < -0.4 is 25.0 Å². The van der Waals surface area contributed by atoms with Crippen molar-refractivity contribution in [3.63, 3.8) is 0 Å². The molecule has 3 fully saturated rings. The highest BCUT2D eigenvalue weighted by atomic mass is 19.1. The summed E-state index contributed by atoms with van der Waals surface area (Å²) in [4.78, 5) is 34.0. The van der Waals surface area contributed by atoms with Crippen LogP contribution in [0.25, 0.3) is 0 Å². The van der Waals surface area contributed by atoms with Crippen molar-refractivity contribution < 1.29 is 23.5 Å². The molecule has 2 N–H and O–H groups in total. The van der Waals surface area contributed by atoms with E-state index < -0.39 is 5.82 Å². The number of amides is 2. The second-order valence-electron chi connectivity index (χ2n) is 10.8. The van der Waals surface area contributed by atoms with E-state index >= 15 is 0 Å². The Morgan fingerprint density at radius 3 is 2.66 bits per heavy atom. The van der Waals surface area contributed by atoms with Gasteiger partial charge in [-0.15, -0.1) is 0 Å². The van der Waals surface area contributed by atoms with Gasteiger partial charge in [-0.2, -0.15) is 9.37 Å². The molecule has 4 atom stereocenters. The molecule has 2 amide bonds. The second-order valence-corrected chi connectivity index (χ2v) is 10.8. The summed E-state index contributed by atoms with van der Waals surface area (Å²) in [5.74, 6) is 0.881. The summed E-state index contributed by atoms with van der Waals surface area (Å²) in [5.41, 5.74) is 0.983. The smallest absolute Gasteiger partial charge is 0.255 e. The number of benzene rings is 1.